The Morgan fingerprint density at radius 3 is 2.24 bits per heavy atom. The van der Waals surface area contributed by atoms with Gasteiger partial charge in [0, 0.05) is 10.7 Å². The third-order valence-electron chi connectivity index (χ3n) is 3.25. The van der Waals surface area contributed by atoms with Gasteiger partial charge in [-0.3, -0.25) is 4.72 Å². The van der Waals surface area contributed by atoms with Crippen LogP contribution >= 0.6 is 15.9 Å². The van der Waals surface area contributed by atoms with Gasteiger partial charge in [-0.15, -0.1) is 0 Å². The summed E-state index contributed by atoms with van der Waals surface area (Å²) in [5.41, 5.74) is 0. The van der Waals surface area contributed by atoms with Crippen LogP contribution in [0.1, 0.15) is 58.3 Å². The van der Waals surface area contributed by atoms with Crippen LogP contribution in [0.3, 0.4) is 0 Å². The molecule has 0 aliphatic heterocycles. The van der Waals surface area contributed by atoms with Crippen molar-refractivity contribution in [3.8, 4) is 0 Å². The number of anilines is 1. The highest BCUT2D eigenvalue weighted by Crippen LogP contribution is 2.13. The number of hydrogen-bond acceptors (Lipinski definition) is 3. The molecular formula is C15H25BrN2O2S. The Bertz CT molecular complexity index is 489. The molecule has 0 saturated heterocycles. The highest BCUT2D eigenvalue weighted by Gasteiger charge is 2.10. The van der Waals surface area contributed by atoms with E-state index in [1.54, 1.807) is 18.3 Å². The average Bonchev–Trinajstić information content (AvgIpc) is 2.44. The van der Waals surface area contributed by atoms with E-state index in [1.807, 2.05) is 0 Å². The minimum Gasteiger partial charge on any atom is -0.267 e. The standard InChI is InChI=1S/C15H25BrN2O2S/c1-2-3-4-5-6-7-8-9-12-21(19,20)18-15-11-10-14(16)13-17-15/h10-11,13H,2-9,12H2,1H3,(H,17,18). The van der Waals surface area contributed by atoms with Crippen molar-refractivity contribution in [3.63, 3.8) is 0 Å². The summed E-state index contributed by atoms with van der Waals surface area (Å²) in [5.74, 6) is 0.539. The van der Waals surface area contributed by atoms with Crippen molar-refractivity contribution >= 4 is 31.8 Å². The first-order valence-electron chi connectivity index (χ1n) is 7.65. The summed E-state index contributed by atoms with van der Waals surface area (Å²) in [7, 11) is -3.28. The molecule has 120 valence electrons. The lowest BCUT2D eigenvalue weighted by atomic mass is 10.1. The van der Waals surface area contributed by atoms with Gasteiger partial charge in [0.15, 0.2) is 0 Å². The first-order chi connectivity index (χ1) is 10.0. The summed E-state index contributed by atoms with van der Waals surface area (Å²) < 4.78 is 27.1. The maximum Gasteiger partial charge on any atom is 0.233 e. The molecule has 0 amide bonds. The number of pyridine rings is 1. The van der Waals surface area contributed by atoms with Crippen LogP contribution in [0.2, 0.25) is 0 Å². The van der Waals surface area contributed by atoms with Crippen LogP contribution in [-0.2, 0) is 10.0 Å². The first-order valence-corrected chi connectivity index (χ1v) is 10.1. The van der Waals surface area contributed by atoms with E-state index in [4.69, 9.17) is 0 Å². The largest absolute Gasteiger partial charge is 0.267 e. The Morgan fingerprint density at radius 1 is 1.05 bits per heavy atom. The molecule has 4 nitrogen and oxygen atoms in total. The summed E-state index contributed by atoms with van der Waals surface area (Å²) in [6.07, 6.45) is 10.7. The van der Waals surface area contributed by atoms with Gasteiger partial charge in [0.1, 0.15) is 5.82 Å². The van der Waals surface area contributed by atoms with Crippen molar-refractivity contribution < 1.29 is 8.42 Å². The molecule has 0 aliphatic rings. The molecule has 0 spiro atoms. The van der Waals surface area contributed by atoms with Gasteiger partial charge in [-0.2, -0.15) is 0 Å². The lowest BCUT2D eigenvalue weighted by Gasteiger charge is -2.07. The maximum absolute atomic E-state index is 11.9. The third kappa shape index (κ3) is 9.09. The number of nitrogens with zero attached hydrogens (tertiary/aromatic N) is 1. The molecule has 1 heterocycles. The minimum atomic E-state index is -3.28. The van der Waals surface area contributed by atoms with Gasteiger partial charge in [-0.25, -0.2) is 13.4 Å². The highest BCUT2D eigenvalue weighted by atomic mass is 79.9. The number of unbranched alkanes of at least 4 members (excludes halogenated alkanes) is 7. The van der Waals surface area contributed by atoms with Crippen LogP contribution in [0.4, 0.5) is 5.82 Å². The zero-order valence-corrected chi connectivity index (χ0v) is 15.0. The highest BCUT2D eigenvalue weighted by molar-refractivity contribution is 9.10. The quantitative estimate of drug-likeness (QED) is 0.568. The number of rotatable bonds is 11. The van der Waals surface area contributed by atoms with Gasteiger partial charge in [0.05, 0.1) is 5.75 Å². The molecular weight excluding hydrogens is 352 g/mol. The Kier molecular flexibility index (Phi) is 8.92. The van der Waals surface area contributed by atoms with Crippen molar-refractivity contribution in [2.24, 2.45) is 0 Å². The number of hydrogen-bond donors (Lipinski definition) is 1. The van der Waals surface area contributed by atoms with Crippen molar-refractivity contribution in [2.75, 3.05) is 10.5 Å². The molecule has 0 aromatic carbocycles. The first kappa shape index (κ1) is 18.4. The zero-order chi connectivity index (χ0) is 15.6. The minimum absolute atomic E-state index is 0.166. The number of nitrogens with one attached hydrogen (secondary N) is 1. The van der Waals surface area contributed by atoms with E-state index in [1.165, 1.54) is 32.1 Å². The van der Waals surface area contributed by atoms with E-state index in [-0.39, 0.29) is 5.75 Å². The van der Waals surface area contributed by atoms with Gasteiger partial charge >= 0.3 is 0 Å². The van der Waals surface area contributed by atoms with Crippen molar-refractivity contribution in [3.05, 3.63) is 22.8 Å². The molecule has 1 rings (SSSR count). The lowest BCUT2D eigenvalue weighted by Crippen LogP contribution is -2.17. The van der Waals surface area contributed by atoms with Gasteiger partial charge in [-0.1, -0.05) is 51.9 Å². The predicted octanol–water partition coefficient (Wildman–Crippen LogP) is 4.73. The Morgan fingerprint density at radius 2 is 1.67 bits per heavy atom. The smallest absolute Gasteiger partial charge is 0.233 e. The van der Waals surface area contributed by atoms with Crippen LogP contribution in [-0.4, -0.2) is 19.2 Å². The fraction of sp³-hybridized carbons (Fsp3) is 0.667. The summed E-state index contributed by atoms with van der Waals surface area (Å²) >= 11 is 3.27. The number of aromatic nitrogens is 1. The number of sulfonamides is 1. The molecule has 0 unspecified atom stereocenters. The van der Waals surface area contributed by atoms with E-state index >= 15 is 0 Å². The van der Waals surface area contributed by atoms with Gasteiger partial charge < -0.3 is 0 Å². The molecule has 1 aromatic rings. The Labute approximate surface area is 136 Å². The summed E-state index contributed by atoms with van der Waals surface area (Å²) in [6.45, 7) is 2.21. The second kappa shape index (κ2) is 10.2. The van der Waals surface area contributed by atoms with Gasteiger partial charge in [0.2, 0.25) is 10.0 Å². The normalized spacial score (nSPS) is 11.5. The molecule has 0 fully saturated rings. The maximum atomic E-state index is 11.9. The molecule has 1 aromatic heterocycles. The van der Waals surface area contributed by atoms with Crippen LogP contribution in [0, 0.1) is 0 Å². The second-order valence-electron chi connectivity index (χ2n) is 5.26. The summed E-state index contributed by atoms with van der Waals surface area (Å²) in [6, 6.07) is 3.41. The molecule has 0 saturated carbocycles. The van der Waals surface area contributed by atoms with Crippen LogP contribution < -0.4 is 4.72 Å². The second-order valence-corrected chi connectivity index (χ2v) is 8.02. The van der Waals surface area contributed by atoms with Crippen molar-refractivity contribution in [2.45, 2.75) is 58.3 Å². The van der Waals surface area contributed by atoms with E-state index in [0.29, 0.717) is 12.2 Å². The summed E-state index contributed by atoms with van der Waals surface area (Å²) in [4.78, 5) is 4.01. The molecule has 0 bridgehead atoms. The fourth-order valence-corrected chi connectivity index (χ4v) is 3.43. The fourth-order valence-electron chi connectivity index (χ4n) is 2.07. The van der Waals surface area contributed by atoms with Gasteiger partial charge in [-0.05, 0) is 34.5 Å². The Balaban J connectivity index is 2.17. The molecule has 21 heavy (non-hydrogen) atoms. The third-order valence-corrected chi connectivity index (χ3v) is 5.07. The molecule has 0 aliphatic carbocycles. The van der Waals surface area contributed by atoms with E-state index in [9.17, 15) is 8.42 Å². The monoisotopic (exact) mass is 376 g/mol. The van der Waals surface area contributed by atoms with Crippen LogP contribution in [0.15, 0.2) is 22.8 Å². The van der Waals surface area contributed by atoms with Crippen LogP contribution in [0.25, 0.3) is 0 Å². The topological polar surface area (TPSA) is 59.1 Å². The van der Waals surface area contributed by atoms with E-state index in [0.717, 1.165) is 17.3 Å². The average molecular weight is 377 g/mol. The molecule has 1 N–H and O–H groups in total. The zero-order valence-electron chi connectivity index (χ0n) is 12.6. The molecule has 6 heteroatoms. The van der Waals surface area contributed by atoms with Crippen molar-refractivity contribution in [1.29, 1.82) is 0 Å². The van der Waals surface area contributed by atoms with Crippen LogP contribution in [0.5, 0.6) is 0 Å². The lowest BCUT2D eigenvalue weighted by molar-refractivity contribution is 0.574. The predicted molar refractivity (Wildman–Crippen MR) is 92.0 cm³/mol. The molecule has 0 radical (unpaired) electrons. The number of halogens is 1. The van der Waals surface area contributed by atoms with Crippen molar-refractivity contribution in [1.82, 2.24) is 4.98 Å². The SMILES string of the molecule is CCCCCCCCCCS(=O)(=O)Nc1ccc(Br)cn1. The van der Waals surface area contributed by atoms with E-state index < -0.39 is 10.0 Å². The molecule has 0 atom stereocenters. The van der Waals surface area contributed by atoms with E-state index in [2.05, 4.69) is 32.6 Å². The Hall–Kier alpha value is -0.620. The van der Waals surface area contributed by atoms with Gasteiger partial charge in [0.25, 0.3) is 0 Å². The summed E-state index contributed by atoms with van der Waals surface area (Å²) in [5, 5.41) is 0.